The van der Waals surface area contributed by atoms with Crippen molar-refractivity contribution in [3.05, 3.63) is 66.7 Å². The monoisotopic (exact) mass is 395 g/mol. The third kappa shape index (κ3) is 3.20. The van der Waals surface area contributed by atoms with Crippen molar-refractivity contribution < 1.29 is 0 Å². The fraction of sp³-hybridized carbons (Fsp3) is 0.130. The maximum atomic E-state index is 4.85. The maximum absolute atomic E-state index is 4.85. The topological polar surface area (TPSA) is 71.8 Å². The highest BCUT2D eigenvalue weighted by atomic mass is 15.4. The Kier molecular flexibility index (Phi) is 4.28. The Bertz CT molecular complexity index is 1350. The summed E-state index contributed by atoms with van der Waals surface area (Å²) in [6, 6.07) is 22.2. The second-order valence-electron chi connectivity index (χ2n) is 7.40. The minimum atomic E-state index is 0.682. The van der Waals surface area contributed by atoms with Gasteiger partial charge in [0.2, 0.25) is 0 Å². The number of fused-ring (bicyclic) bond motifs is 2. The molecule has 0 radical (unpaired) electrons. The molecule has 0 amide bonds. The molecule has 7 nitrogen and oxygen atoms in total. The van der Waals surface area contributed by atoms with Gasteiger partial charge in [-0.25, -0.2) is 14.6 Å². The van der Waals surface area contributed by atoms with E-state index >= 15 is 0 Å². The number of para-hydroxylation sites is 1. The van der Waals surface area contributed by atoms with Gasteiger partial charge in [-0.1, -0.05) is 17.3 Å². The van der Waals surface area contributed by atoms with E-state index in [0.29, 0.717) is 5.82 Å². The Morgan fingerprint density at radius 2 is 1.67 bits per heavy atom. The molecule has 3 aromatic carbocycles. The van der Waals surface area contributed by atoms with Crippen LogP contribution in [0.4, 0.5) is 17.2 Å². The lowest BCUT2D eigenvalue weighted by Gasteiger charge is -2.14. The van der Waals surface area contributed by atoms with Crippen molar-refractivity contribution in [3.8, 4) is 11.4 Å². The molecule has 1 N–H and O–H groups in total. The molecule has 0 atom stereocenters. The van der Waals surface area contributed by atoms with Gasteiger partial charge in [-0.05, 0) is 54.6 Å². The summed E-state index contributed by atoms with van der Waals surface area (Å²) in [5, 5.41) is 12.7. The van der Waals surface area contributed by atoms with Crippen molar-refractivity contribution in [2.45, 2.75) is 0 Å². The van der Waals surface area contributed by atoms with Crippen molar-refractivity contribution in [2.24, 2.45) is 7.05 Å². The van der Waals surface area contributed by atoms with Crippen LogP contribution in [-0.4, -0.2) is 39.1 Å². The summed E-state index contributed by atoms with van der Waals surface area (Å²) < 4.78 is 1.76. The summed E-state index contributed by atoms with van der Waals surface area (Å²) >= 11 is 0. The normalized spacial score (nSPS) is 11.2. The van der Waals surface area contributed by atoms with E-state index in [1.54, 1.807) is 4.68 Å². The third-order valence-corrected chi connectivity index (χ3v) is 5.12. The second-order valence-corrected chi connectivity index (χ2v) is 7.40. The minimum absolute atomic E-state index is 0.682. The highest BCUT2D eigenvalue weighted by molar-refractivity contribution is 5.93. The zero-order valence-electron chi connectivity index (χ0n) is 17.0. The van der Waals surface area contributed by atoms with E-state index in [1.165, 1.54) is 0 Å². The van der Waals surface area contributed by atoms with Crippen LogP contribution in [0.3, 0.4) is 0 Å². The van der Waals surface area contributed by atoms with Gasteiger partial charge in [-0.15, -0.1) is 5.10 Å². The first-order valence-electron chi connectivity index (χ1n) is 9.69. The van der Waals surface area contributed by atoms with Gasteiger partial charge in [0, 0.05) is 43.5 Å². The number of nitrogens with zero attached hydrogens (tertiary/aromatic N) is 6. The number of hydrogen-bond donors (Lipinski definition) is 1. The highest BCUT2D eigenvalue weighted by Gasteiger charge is 2.11. The van der Waals surface area contributed by atoms with Crippen molar-refractivity contribution >= 4 is 39.1 Å². The summed E-state index contributed by atoms with van der Waals surface area (Å²) in [4.78, 5) is 11.7. The van der Waals surface area contributed by atoms with Crippen molar-refractivity contribution in [2.75, 3.05) is 24.3 Å². The quantitative estimate of drug-likeness (QED) is 0.487. The Morgan fingerprint density at radius 3 is 2.47 bits per heavy atom. The van der Waals surface area contributed by atoms with Crippen LogP contribution in [0.1, 0.15) is 0 Å². The molecule has 7 heteroatoms. The Balaban J connectivity index is 1.59. The Hall–Kier alpha value is -4.00. The molecular weight excluding hydrogens is 374 g/mol. The summed E-state index contributed by atoms with van der Waals surface area (Å²) in [5.41, 5.74) is 5.71. The van der Waals surface area contributed by atoms with Crippen molar-refractivity contribution in [1.29, 1.82) is 0 Å². The van der Waals surface area contributed by atoms with Crippen LogP contribution < -0.4 is 10.2 Å². The molecule has 0 unspecified atom stereocenters. The van der Waals surface area contributed by atoms with E-state index in [2.05, 4.69) is 44.8 Å². The average molecular weight is 395 g/mol. The van der Waals surface area contributed by atoms with Gasteiger partial charge >= 0.3 is 0 Å². The lowest BCUT2D eigenvalue weighted by Crippen LogP contribution is -2.08. The van der Waals surface area contributed by atoms with Crippen LogP contribution >= 0.6 is 0 Å². The van der Waals surface area contributed by atoms with Crippen molar-refractivity contribution in [3.63, 3.8) is 0 Å². The van der Waals surface area contributed by atoms with Crippen LogP contribution in [0.5, 0.6) is 0 Å². The van der Waals surface area contributed by atoms with Crippen LogP contribution in [0.2, 0.25) is 0 Å². The van der Waals surface area contributed by atoms with Gasteiger partial charge in [0.05, 0.1) is 11.0 Å². The van der Waals surface area contributed by atoms with E-state index in [4.69, 9.17) is 9.97 Å². The number of hydrogen-bond acceptors (Lipinski definition) is 6. The van der Waals surface area contributed by atoms with Crippen LogP contribution in [-0.2, 0) is 7.05 Å². The number of anilines is 3. The molecule has 0 aliphatic heterocycles. The number of aryl methyl sites for hydroxylation is 1. The SMILES string of the molecule is CN(C)c1ccc(-c2nc(Nc3ccc4c(c3)nnn4C)c3ccccc3n2)cc1. The lowest BCUT2D eigenvalue weighted by atomic mass is 10.1. The zero-order valence-corrected chi connectivity index (χ0v) is 17.0. The van der Waals surface area contributed by atoms with Gasteiger partial charge in [-0.3, -0.25) is 0 Å². The first kappa shape index (κ1) is 18.1. The van der Waals surface area contributed by atoms with E-state index in [1.807, 2.05) is 63.6 Å². The van der Waals surface area contributed by atoms with Crippen LogP contribution in [0, 0.1) is 0 Å². The molecule has 0 saturated carbocycles. The molecular formula is C23H21N7. The molecule has 2 aromatic heterocycles. The molecule has 0 aliphatic rings. The van der Waals surface area contributed by atoms with E-state index < -0.39 is 0 Å². The fourth-order valence-electron chi connectivity index (χ4n) is 3.46. The van der Waals surface area contributed by atoms with E-state index in [9.17, 15) is 0 Å². The molecule has 148 valence electrons. The standard InChI is InChI=1S/C23H21N7/c1-29(2)17-11-8-15(9-12-17)22-25-19-7-5-4-6-18(19)23(26-22)24-16-10-13-21-20(14-16)27-28-30(21)3/h4-14H,1-3H3,(H,24,25,26). The van der Waals surface area contributed by atoms with Crippen LogP contribution in [0.25, 0.3) is 33.3 Å². The summed E-state index contributed by atoms with van der Waals surface area (Å²) in [7, 11) is 5.93. The summed E-state index contributed by atoms with van der Waals surface area (Å²) in [5.74, 6) is 1.44. The third-order valence-electron chi connectivity index (χ3n) is 5.12. The molecule has 0 bridgehead atoms. The molecule has 0 saturated heterocycles. The molecule has 5 aromatic rings. The van der Waals surface area contributed by atoms with Gasteiger partial charge in [0.15, 0.2) is 5.82 Å². The van der Waals surface area contributed by atoms with E-state index in [0.717, 1.165) is 44.7 Å². The van der Waals surface area contributed by atoms with Gasteiger partial charge in [0.25, 0.3) is 0 Å². The zero-order chi connectivity index (χ0) is 20.7. The first-order valence-corrected chi connectivity index (χ1v) is 9.69. The molecule has 5 rings (SSSR count). The molecule has 2 heterocycles. The number of benzene rings is 3. The van der Waals surface area contributed by atoms with Crippen LogP contribution in [0.15, 0.2) is 66.7 Å². The predicted octanol–water partition coefficient (Wildman–Crippen LogP) is 4.39. The molecule has 0 fully saturated rings. The average Bonchev–Trinajstić information content (AvgIpc) is 3.14. The predicted molar refractivity (Wildman–Crippen MR) is 121 cm³/mol. The van der Waals surface area contributed by atoms with Gasteiger partial charge < -0.3 is 10.2 Å². The van der Waals surface area contributed by atoms with Gasteiger partial charge in [-0.2, -0.15) is 0 Å². The second kappa shape index (κ2) is 7.11. The highest BCUT2D eigenvalue weighted by Crippen LogP contribution is 2.29. The van der Waals surface area contributed by atoms with Crippen molar-refractivity contribution in [1.82, 2.24) is 25.0 Å². The summed E-state index contributed by atoms with van der Waals surface area (Å²) in [6.45, 7) is 0. The Labute approximate surface area is 174 Å². The van der Waals surface area contributed by atoms with E-state index in [-0.39, 0.29) is 0 Å². The number of nitrogens with one attached hydrogen (secondary N) is 1. The summed E-state index contributed by atoms with van der Waals surface area (Å²) in [6.07, 6.45) is 0. The lowest BCUT2D eigenvalue weighted by molar-refractivity contribution is 0.736. The molecule has 30 heavy (non-hydrogen) atoms. The largest absolute Gasteiger partial charge is 0.378 e. The fourth-order valence-corrected chi connectivity index (χ4v) is 3.46. The molecule has 0 spiro atoms. The number of aromatic nitrogens is 5. The number of rotatable bonds is 4. The Morgan fingerprint density at radius 1 is 0.867 bits per heavy atom. The molecule has 0 aliphatic carbocycles. The minimum Gasteiger partial charge on any atom is -0.378 e. The maximum Gasteiger partial charge on any atom is 0.162 e. The van der Waals surface area contributed by atoms with Gasteiger partial charge in [0.1, 0.15) is 11.3 Å². The smallest absolute Gasteiger partial charge is 0.162 e. The first-order chi connectivity index (χ1) is 14.6.